The Morgan fingerprint density at radius 1 is 1.30 bits per heavy atom. The van der Waals surface area contributed by atoms with Crippen LogP contribution in [-0.2, 0) is 19.1 Å². The number of esters is 1. The van der Waals surface area contributed by atoms with E-state index in [1.807, 2.05) is 11.6 Å². The summed E-state index contributed by atoms with van der Waals surface area (Å²) >= 11 is 1.57. The van der Waals surface area contributed by atoms with Crippen LogP contribution in [0.4, 0.5) is 4.39 Å². The van der Waals surface area contributed by atoms with Crippen LogP contribution in [0.2, 0.25) is 0 Å². The fourth-order valence-electron chi connectivity index (χ4n) is 4.33. The molecular formula is C19H24FN2O4S+. The smallest absolute Gasteiger partial charge is 0.368 e. The standard InChI is InChI=1S/C19H23FN2O4S/c1-4-26-18(25)19(9-10-27-3)14-13(16(23)22(2)17(14)24)15(21-19)11-5-7-12(20)8-6-11/h5-8,13-15,21H,4,9-10H2,1-3H3/p+1/t13-,14-,15-,19-/m0/s1. The average Bonchev–Trinajstić information content (AvgIpc) is 3.11. The molecule has 27 heavy (non-hydrogen) atoms. The number of imide groups is 1. The molecule has 1 aromatic carbocycles. The van der Waals surface area contributed by atoms with E-state index in [1.165, 1.54) is 19.2 Å². The highest BCUT2D eigenvalue weighted by atomic mass is 32.2. The average molecular weight is 395 g/mol. The lowest BCUT2D eigenvalue weighted by molar-refractivity contribution is -0.734. The van der Waals surface area contributed by atoms with Crippen molar-refractivity contribution in [1.29, 1.82) is 0 Å². The van der Waals surface area contributed by atoms with Crippen LogP contribution in [0.25, 0.3) is 0 Å². The molecule has 2 aliphatic rings. The molecule has 2 fully saturated rings. The molecule has 2 amide bonds. The normalized spacial score (nSPS) is 29.9. The Kier molecular flexibility index (Phi) is 5.58. The minimum absolute atomic E-state index is 0.199. The van der Waals surface area contributed by atoms with Gasteiger partial charge >= 0.3 is 5.97 Å². The van der Waals surface area contributed by atoms with Crippen molar-refractivity contribution in [3.05, 3.63) is 35.6 Å². The summed E-state index contributed by atoms with van der Waals surface area (Å²) in [5.74, 6) is -2.28. The first kappa shape index (κ1) is 19.8. The van der Waals surface area contributed by atoms with Gasteiger partial charge in [-0.3, -0.25) is 14.5 Å². The highest BCUT2D eigenvalue weighted by molar-refractivity contribution is 7.98. The van der Waals surface area contributed by atoms with Gasteiger partial charge in [0, 0.05) is 19.0 Å². The molecule has 2 heterocycles. The number of likely N-dealkylation sites (tertiary alicyclic amines) is 1. The third-order valence-electron chi connectivity index (χ3n) is 5.62. The number of carbonyl (C=O) groups excluding carboxylic acids is 3. The molecule has 0 spiro atoms. The van der Waals surface area contributed by atoms with E-state index < -0.39 is 29.4 Å². The van der Waals surface area contributed by atoms with Gasteiger partial charge in [-0.1, -0.05) is 12.1 Å². The minimum atomic E-state index is -1.15. The lowest BCUT2D eigenvalue weighted by Gasteiger charge is -2.29. The first-order valence-corrected chi connectivity index (χ1v) is 10.4. The molecule has 3 rings (SSSR count). The largest absolute Gasteiger partial charge is 0.461 e. The fourth-order valence-corrected chi connectivity index (χ4v) is 4.87. The van der Waals surface area contributed by atoms with Crippen molar-refractivity contribution in [1.82, 2.24) is 4.90 Å². The van der Waals surface area contributed by atoms with E-state index >= 15 is 0 Å². The Hall–Kier alpha value is -1.93. The molecular weight excluding hydrogens is 371 g/mol. The number of ether oxygens (including phenoxy) is 1. The van der Waals surface area contributed by atoms with Crippen LogP contribution in [0, 0.1) is 17.7 Å². The van der Waals surface area contributed by atoms with Crippen LogP contribution in [0.3, 0.4) is 0 Å². The second kappa shape index (κ2) is 7.59. The number of hydrogen-bond donors (Lipinski definition) is 1. The number of carbonyl (C=O) groups is 3. The van der Waals surface area contributed by atoms with Gasteiger partial charge in [-0.2, -0.15) is 11.8 Å². The van der Waals surface area contributed by atoms with Crippen LogP contribution >= 0.6 is 11.8 Å². The molecule has 2 N–H and O–H groups in total. The maximum absolute atomic E-state index is 13.4. The number of fused-ring (bicyclic) bond motifs is 1. The highest BCUT2D eigenvalue weighted by Gasteiger charge is 2.71. The van der Waals surface area contributed by atoms with Gasteiger partial charge in [0.2, 0.25) is 17.4 Å². The summed E-state index contributed by atoms with van der Waals surface area (Å²) < 4.78 is 18.7. The van der Waals surface area contributed by atoms with Crippen LogP contribution in [0.5, 0.6) is 0 Å². The number of hydrogen-bond acceptors (Lipinski definition) is 5. The maximum Gasteiger partial charge on any atom is 0.368 e. The number of nitrogens with two attached hydrogens (primary N) is 1. The zero-order chi connectivity index (χ0) is 19.8. The van der Waals surface area contributed by atoms with Crippen LogP contribution in [0.15, 0.2) is 24.3 Å². The van der Waals surface area contributed by atoms with E-state index in [9.17, 15) is 18.8 Å². The van der Waals surface area contributed by atoms with E-state index in [2.05, 4.69) is 0 Å². The minimum Gasteiger partial charge on any atom is -0.461 e. The molecule has 4 atom stereocenters. The molecule has 0 aromatic heterocycles. The molecule has 2 aliphatic heterocycles. The monoisotopic (exact) mass is 395 g/mol. The third-order valence-corrected chi connectivity index (χ3v) is 6.23. The van der Waals surface area contributed by atoms with Gasteiger partial charge < -0.3 is 10.1 Å². The number of thioether (sulfide) groups is 1. The molecule has 8 heteroatoms. The van der Waals surface area contributed by atoms with E-state index in [0.717, 1.165) is 10.5 Å². The van der Waals surface area contributed by atoms with Crippen LogP contribution in [0.1, 0.15) is 24.9 Å². The maximum atomic E-state index is 13.4. The molecule has 2 saturated heterocycles. The second-order valence-electron chi connectivity index (χ2n) is 6.99. The Labute approximate surface area is 161 Å². The molecule has 0 aliphatic carbocycles. The van der Waals surface area contributed by atoms with Crippen molar-refractivity contribution in [3.63, 3.8) is 0 Å². The van der Waals surface area contributed by atoms with Gasteiger partial charge in [-0.25, -0.2) is 9.18 Å². The van der Waals surface area contributed by atoms with Crippen molar-refractivity contribution in [2.45, 2.75) is 24.9 Å². The molecule has 0 radical (unpaired) electrons. The highest BCUT2D eigenvalue weighted by Crippen LogP contribution is 2.45. The van der Waals surface area contributed by atoms with Gasteiger partial charge in [-0.05, 0) is 31.1 Å². The molecule has 0 unspecified atom stereocenters. The third kappa shape index (κ3) is 3.14. The summed E-state index contributed by atoms with van der Waals surface area (Å²) in [6.45, 7) is 1.92. The number of halogens is 1. The summed E-state index contributed by atoms with van der Waals surface area (Å²) in [6.07, 6.45) is 2.34. The molecule has 6 nitrogen and oxygen atoms in total. The van der Waals surface area contributed by atoms with Gasteiger partial charge in [0.1, 0.15) is 23.7 Å². The number of quaternary nitrogens is 1. The van der Waals surface area contributed by atoms with Crippen molar-refractivity contribution in [2.75, 3.05) is 25.7 Å². The zero-order valence-electron chi connectivity index (χ0n) is 15.6. The van der Waals surface area contributed by atoms with Gasteiger partial charge in [0.05, 0.1) is 6.61 Å². The Morgan fingerprint density at radius 2 is 1.96 bits per heavy atom. The Bertz CT molecular complexity index is 757. The quantitative estimate of drug-likeness (QED) is 0.567. The Morgan fingerprint density at radius 3 is 2.56 bits per heavy atom. The Balaban J connectivity index is 2.10. The summed E-state index contributed by atoms with van der Waals surface area (Å²) in [7, 11) is 1.45. The topological polar surface area (TPSA) is 80.3 Å². The van der Waals surface area contributed by atoms with E-state index in [4.69, 9.17) is 4.74 Å². The molecule has 0 bridgehead atoms. The van der Waals surface area contributed by atoms with E-state index in [0.29, 0.717) is 12.2 Å². The lowest BCUT2D eigenvalue weighted by atomic mass is 9.78. The molecule has 0 saturated carbocycles. The second-order valence-corrected chi connectivity index (χ2v) is 7.97. The SMILES string of the molecule is CCOC(=O)[C@@]1(CCSC)[NH2+][C@@H](c2ccc(F)cc2)[C@H]2C(=O)N(C)C(=O)[C@H]21. The van der Waals surface area contributed by atoms with Crippen molar-refractivity contribution >= 4 is 29.5 Å². The van der Waals surface area contributed by atoms with Gasteiger partial charge in [0.15, 0.2) is 0 Å². The van der Waals surface area contributed by atoms with Crippen molar-refractivity contribution < 1.29 is 28.8 Å². The first-order chi connectivity index (χ1) is 12.9. The van der Waals surface area contributed by atoms with E-state index in [-0.39, 0.29) is 24.2 Å². The van der Waals surface area contributed by atoms with Crippen molar-refractivity contribution in [2.24, 2.45) is 11.8 Å². The van der Waals surface area contributed by atoms with Crippen LogP contribution < -0.4 is 5.32 Å². The van der Waals surface area contributed by atoms with Crippen LogP contribution in [-0.4, -0.2) is 53.9 Å². The van der Waals surface area contributed by atoms with E-state index in [1.54, 1.807) is 30.8 Å². The number of rotatable bonds is 6. The van der Waals surface area contributed by atoms with Crippen molar-refractivity contribution in [3.8, 4) is 0 Å². The van der Waals surface area contributed by atoms with Gasteiger partial charge in [-0.15, -0.1) is 0 Å². The van der Waals surface area contributed by atoms with Gasteiger partial charge in [0.25, 0.3) is 0 Å². The summed E-state index contributed by atoms with van der Waals surface area (Å²) in [4.78, 5) is 39.9. The summed E-state index contributed by atoms with van der Waals surface area (Å²) in [5.41, 5.74) is -0.432. The summed E-state index contributed by atoms with van der Waals surface area (Å²) in [5, 5.41) is 1.81. The lowest BCUT2D eigenvalue weighted by Crippen LogP contribution is -2.98. The number of benzene rings is 1. The zero-order valence-corrected chi connectivity index (χ0v) is 16.4. The molecule has 1 aromatic rings. The number of amides is 2. The number of nitrogens with zero attached hydrogens (tertiary/aromatic N) is 1. The summed E-state index contributed by atoms with van der Waals surface area (Å²) in [6, 6.07) is 5.44. The fraction of sp³-hybridized carbons (Fsp3) is 0.526. The first-order valence-electron chi connectivity index (χ1n) is 8.96. The predicted molar refractivity (Wildman–Crippen MR) is 98.2 cm³/mol. The predicted octanol–water partition coefficient (Wildman–Crippen LogP) is 0.730. The molecule has 146 valence electrons.